The third kappa shape index (κ3) is 12.2. The van der Waals surface area contributed by atoms with Crippen LogP contribution >= 0.6 is 15.9 Å². The van der Waals surface area contributed by atoms with Crippen molar-refractivity contribution >= 4 is 26.0 Å². The summed E-state index contributed by atoms with van der Waals surface area (Å²) in [4.78, 5) is -0.178. The molecule has 0 unspecified atom stereocenters. The van der Waals surface area contributed by atoms with E-state index in [0.717, 1.165) is 11.0 Å². The summed E-state index contributed by atoms with van der Waals surface area (Å²) >= 11 is 3.77. The van der Waals surface area contributed by atoms with Gasteiger partial charge in [-0.05, 0) is 60.7 Å². The molecule has 4 nitrogen and oxygen atoms in total. The van der Waals surface area contributed by atoms with E-state index in [1.54, 1.807) is 12.1 Å². The SMILES string of the molecule is CCCCCC[N+](CBr)(CCCC)CCCC.Cc1ccc(S(=O)(=O)[O-])cc1. The number of alkyl halides is 1. The first kappa shape index (κ1) is 27.6. The van der Waals surface area contributed by atoms with Gasteiger partial charge in [0.15, 0.2) is 0 Å². The highest BCUT2D eigenvalue weighted by Crippen LogP contribution is 2.17. The van der Waals surface area contributed by atoms with Crippen molar-refractivity contribution in [3.63, 3.8) is 0 Å². The Kier molecular flexibility index (Phi) is 15.2. The molecule has 0 saturated carbocycles. The van der Waals surface area contributed by atoms with Crippen molar-refractivity contribution < 1.29 is 17.5 Å². The van der Waals surface area contributed by atoms with E-state index < -0.39 is 10.1 Å². The largest absolute Gasteiger partial charge is 0.744 e. The highest BCUT2D eigenvalue weighted by molar-refractivity contribution is 9.09. The molecule has 0 N–H and O–H groups in total. The van der Waals surface area contributed by atoms with E-state index in [1.807, 2.05) is 6.92 Å². The maximum atomic E-state index is 10.4. The molecule has 0 atom stereocenters. The van der Waals surface area contributed by atoms with Gasteiger partial charge >= 0.3 is 0 Å². The van der Waals surface area contributed by atoms with E-state index in [4.69, 9.17) is 0 Å². The lowest BCUT2D eigenvalue weighted by atomic mass is 10.1. The summed E-state index contributed by atoms with van der Waals surface area (Å²) in [6, 6.07) is 5.78. The van der Waals surface area contributed by atoms with Crippen LogP contribution in [-0.2, 0) is 10.1 Å². The Labute approximate surface area is 182 Å². The molecule has 0 saturated heterocycles. The zero-order valence-electron chi connectivity index (χ0n) is 18.3. The Hall–Kier alpha value is -0.430. The van der Waals surface area contributed by atoms with Crippen molar-refractivity contribution in [2.24, 2.45) is 0 Å². The second kappa shape index (κ2) is 15.4. The standard InChI is InChI=1S/C15H33BrN.C7H8O3S/c1-4-7-10-11-14-17(15-16,12-8-5-2)13-9-6-3;1-6-2-4-7(5-3-6)11(8,9)10/h4-15H2,1-3H3;2-5H,1H3,(H,8,9,10)/q+1;/p-1. The molecule has 1 aromatic carbocycles. The Morgan fingerprint density at radius 3 is 1.68 bits per heavy atom. The maximum absolute atomic E-state index is 10.4. The van der Waals surface area contributed by atoms with Crippen LogP contribution in [0.2, 0.25) is 0 Å². The van der Waals surface area contributed by atoms with Gasteiger partial charge in [0, 0.05) is 0 Å². The summed E-state index contributed by atoms with van der Waals surface area (Å²) < 4.78 is 32.5. The normalized spacial score (nSPS) is 11.8. The van der Waals surface area contributed by atoms with Gasteiger partial charge in [-0.15, -0.1) is 0 Å². The Morgan fingerprint density at radius 2 is 1.29 bits per heavy atom. The number of unbranched alkanes of at least 4 members (excludes halogenated alkanes) is 5. The first-order valence-electron chi connectivity index (χ1n) is 10.7. The van der Waals surface area contributed by atoms with Crippen molar-refractivity contribution in [2.75, 3.05) is 25.1 Å². The highest BCUT2D eigenvalue weighted by atomic mass is 79.9. The smallest absolute Gasteiger partial charge is 0.134 e. The number of aryl methyl sites for hydroxylation is 1. The molecule has 0 aliphatic rings. The molecule has 0 heterocycles. The summed E-state index contributed by atoms with van der Waals surface area (Å²) in [7, 11) is -4.27. The van der Waals surface area contributed by atoms with E-state index in [0.29, 0.717) is 0 Å². The van der Waals surface area contributed by atoms with Gasteiger partial charge in [-0.2, -0.15) is 0 Å². The third-order valence-corrected chi connectivity index (χ3v) is 6.93. The van der Waals surface area contributed by atoms with Crippen LogP contribution in [0, 0.1) is 6.92 Å². The fourth-order valence-corrected chi connectivity index (χ4v) is 4.30. The molecule has 0 fully saturated rings. The Morgan fingerprint density at radius 1 is 0.821 bits per heavy atom. The first-order valence-corrected chi connectivity index (χ1v) is 13.2. The first-order chi connectivity index (χ1) is 13.2. The topological polar surface area (TPSA) is 57.2 Å². The molecule has 0 bridgehead atoms. The van der Waals surface area contributed by atoms with Gasteiger partial charge < -0.3 is 9.04 Å². The average molecular weight is 479 g/mol. The molecule has 0 aliphatic carbocycles. The zero-order chi connectivity index (χ0) is 21.5. The second-order valence-corrected chi connectivity index (χ2v) is 9.55. The molecule has 6 heteroatoms. The minimum atomic E-state index is -4.27. The molecular weight excluding hydrogens is 438 g/mol. The lowest BCUT2D eigenvalue weighted by Gasteiger charge is -2.37. The molecule has 0 aromatic heterocycles. The van der Waals surface area contributed by atoms with Gasteiger partial charge in [0.2, 0.25) is 0 Å². The second-order valence-electron chi connectivity index (χ2n) is 7.67. The molecule has 1 aromatic rings. The number of halogens is 1. The van der Waals surface area contributed by atoms with E-state index in [9.17, 15) is 13.0 Å². The van der Waals surface area contributed by atoms with E-state index in [-0.39, 0.29) is 4.90 Å². The number of rotatable bonds is 13. The van der Waals surface area contributed by atoms with Crippen LogP contribution in [0.3, 0.4) is 0 Å². The Balaban J connectivity index is 0.000000567. The van der Waals surface area contributed by atoms with Crippen LogP contribution in [0.1, 0.15) is 77.7 Å². The zero-order valence-corrected chi connectivity index (χ0v) is 20.7. The van der Waals surface area contributed by atoms with Gasteiger partial charge in [-0.1, -0.05) is 64.2 Å². The summed E-state index contributed by atoms with van der Waals surface area (Å²) in [5.74, 6) is 0. The maximum Gasteiger partial charge on any atom is 0.134 e. The van der Waals surface area contributed by atoms with Crippen LogP contribution in [0.15, 0.2) is 29.2 Å². The highest BCUT2D eigenvalue weighted by Gasteiger charge is 2.24. The third-order valence-electron chi connectivity index (χ3n) is 5.02. The fourth-order valence-electron chi connectivity index (χ4n) is 3.08. The predicted octanol–water partition coefficient (Wildman–Crippen LogP) is 6.24. The average Bonchev–Trinajstić information content (AvgIpc) is 2.67. The summed E-state index contributed by atoms with van der Waals surface area (Å²) in [6.07, 6.45) is 11.0. The van der Waals surface area contributed by atoms with E-state index >= 15 is 0 Å². The van der Waals surface area contributed by atoms with E-state index in [1.165, 1.54) is 87.6 Å². The predicted molar refractivity (Wildman–Crippen MR) is 122 cm³/mol. The minimum Gasteiger partial charge on any atom is -0.744 e. The molecule has 0 aliphatic heterocycles. The molecule has 28 heavy (non-hydrogen) atoms. The number of benzene rings is 1. The monoisotopic (exact) mass is 477 g/mol. The molecule has 0 radical (unpaired) electrons. The molecule has 164 valence electrons. The molecule has 1 rings (SSSR count). The number of nitrogens with zero attached hydrogens (tertiary/aromatic N) is 1. The minimum absolute atomic E-state index is 0.178. The van der Waals surface area contributed by atoms with Crippen LogP contribution in [0.5, 0.6) is 0 Å². The lowest BCUT2D eigenvalue weighted by Crippen LogP contribution is -2.49. The van der Waals surface area contributed by atoms with Gasteiger partial charge in [-0.3, -0.25) is 0 Å². The van der Waals surface area contributed by atoms with Crippen LogP contribution in [0.25, 0.3) is 0 Å². The summed E-state index contributed by atoms with van der Waals surface area (Å²) in [6.45, 7) is 12.8. The number of hydrogen-bond acceptors (Lipinski definition) is 3. The van der Waals surface area contributed by atoms with Gasteiger partial charge in [0.1, 0.15) is 15.6 Å². The molecular formula is C22H40BrNO3S. The fraction of sp³-hybridized carbons (Fsp3) is 0.727. The van der Waals surface area contributed by atoms with Gasteiger partial charge in [0.05, 0.1) is 24.5 Å². The van der Waals surface area contributed by atoms with Crippen LogP contribution in [0.4, 0.5) is 0 Å². The van der Waals surface area contributed by atoms with Crippen molar-refractivity contribution in [3.8, 4) is 0 Å². The molecule has 0 amide bonds. The Bertz CT molecular complexity index is 595. The van der Waals surface area contributed by atoms with E-state index in [2.05, 4.69) is 36.7 Å². The molecule has 0 spiro atoms. The van der Waals surface area contributed by atoms with Crippen LogP contribution in [-0.4, -0.2) is 42.5 Å². The van der Waals surface area contributed by atoms with Crippen molar-refractivity contribution in [1.29, 1.82) is 0 Å². The van der Waals surface area contributed by atoms with Crippen molar-refractivity contribution in [2.45, 2.75) is 84.0 Å². The van der Waals surface area contributed by atoms with Crippen molar-refractivity contribution in [1.82, 2.24) is 0 Å². The number of quaternary nitrogens is 1. The summed E-state index contributed by atoms with van der Waals surface area (Å²) in [5.41, 5.74) is 2.08. The number of hydrogen-bond donors (Lipinski definition) is 0. The van der Waals surface area contributed by atoms with Gasteiger partial charge in [0.25, 0.3) is 0 Å². The lowest BCUT2D eigenvalue weighted by molar-refractivity contribution is -0.915. The summed E-state index contributed by atoms with van der Waals surface area (Å²) in [5, 5.41) is 0. The van der Waals surface area contributed by atoms with Crippen molar-refractivity contribution in [3.05, 3.63) is 29.8 Å². The van der Waals surface area contributed by atoms with Crippen LogP contribution < -0.4 is 0 Å². The quantitative estimate of drug-likeness (QED) is 0.111. The van der Waals surface area contributed by atoms with Gasteiger partial charge in [-0.25, -0.2) is 8.42 Å².